The van der Waals surface area contributed by atoms with Crippen molar-refractivity contribution in [2.24, 2.45) is 0 Å². The summed E-state index contributed by atoms with van der Waals surface area (Å²) in [7, 11) is -2.58. The number of aliphatic hydroxyl groups is 1. The summed E-state index contributed by atoms with van der Waals surface area (Å²) >= 11 is 0. The number of aliphatic hydroxyl groups excluding tert-OH is 1. The Morgan fingerprint density at radius 3 is 3.00 bits per heavy atom. The minimum Gasteiger partial charge on any atom is -0.426 e. The van der Waals surface area contributed by atoms with Crippen LogP contribution in [0.3, 0.4) is 0 Å². The Morgan fingerprint density at radius 2 is 2.27 bits per heavy atom. The molecule has 0 spiro atoms. The van der Waals surface area contributed by atoms with Crippen molar-refractivity contribution < 1.29 is 23.5 Å². The van der Waals surface area contributed by atoms with Gasteiger partial charge in [0.2, 0.25) is 0 Å². The molecule has 0 saturated heterocycles. The van der Waals surface area contributed by atoms with Crippen molar-refractivity contribution in [1.82, 2.24) is 0 Å². The van der Waals surface area contributed by atoms with Crippen LogP contribution in [0.2, 0.25) is 0 Å². The lowest BCUT2D eigenvalue weighted by atomic mass is 10.2. The van der Waals surface area contributed by atoms with Crippen LogP contribution in [0.15, 0.2) is 24.3 Å². The van der Waals surface area contributed by atoms with Gasteiger partial charge < -0.3 is 14.4 Å². The molecule has 0 aliphatic carbocycles. The van der Waals surface area contributed by atoms with Crippen LogP contribution in [0, 0.1) is 0 Å². The first-order valence-corrected chi connectivity index (χ1v) is 5.70. The fourth-order valence-electron chi connectivity index (χ4n) is 1.31. The van der Waals surface area contributed by atoms with Gasteiger partial charge in [0.15, 0.2) is 12.6 Å². The van der Waals surface area contributed by atoms with E-state index in [0.29, 0.717) is 11.3 Å². The SMILES string of the molecule is C[C@H](O)OC1O[PH](=O)Oc2ccccc21. The second-order valence-electron chi connectivity index (χ2n) is 3.08. The lowest BCUT2D eigenvalue weighted by molar-refractivity contribution is -0.194. The lowest BCUT2D eigenvalue weighted by Gasteiger charge is -2.26. The van der Waals surface area contributed by atoms with Gasteiger partial charge >= 0.3 is 8.25 Å². The number of rotatable bonds is 2. The Bertz CT molecular complexity index is 379. The molecule has 15 heavy (non-hydrogen) atoms. The molecule has 6 heteroatoms. The summed E-state index contributed by atoms with van der Waals surface area (Å²) in [5.74, 6) is 0.471. The standard InChI is InChI=1S/C9H11O5P/c1-6(10)12-9-7-4-2-3-5-8(7)13-15(11)14-9/h2-6,9-10,15H,1H3/t6-,9?/m1/s1. The topological polar surface area (TPSA) is 65.0 Å². The van der Waals surface area contributed by atoms with Crippen LogP contribution in [0.1, 0.15) is 18.8 Å². The third-order valence-corrected chi connectivity index (χ3v) is 2.68. The van der Waals surface area contributed by atoms with Gasteiger partial charge in [-0.05, 0) is 13.0 Å². The summed E-state index contributed by atoms with van der Waals surface area (Å²) in [4.78, 5) is 0. The first-order valence-electron chi connectivity index (χ1n) is 4.48. The van der Waals surface area contributed by atoms with E-state index >= 15 is 0 Å². The minimum atomic E-state index is -2.58. The predicted octanol–water partition coefficient (Wildman–Crippen LogP) is 1.84. The molecule has 1 aliphatic heterocycles. The smallest absolute Gasteiger partial charge is 0.370 e. The van der Waals surface area contributed by atoms with E-state index in [4.69, 9.17) is 18.9 Å². The van der Waals surface area contributed by atoms with E-state index in [-0.39, 0.29) is 0 Å². The fraction of sp³-hybridized carbons (Fsp3) is 0.333. The highest BCUT2D eigenvalue weighted by atomic mass is 31.1. The Kier molecular flexibility index (Phi) is 3.07. The molecule has 2 unspecified atom stereocenters. The monoisotopic (exact) mass is 230 g/mol. The number of para-hydroxylation sites is 1. The molecule has 1 aromatic carbocycles. The Hall–Kier alpha value is -0.870. The normalized spacial score (nSPS) is 26.5. The van der Waals surface area contributed by atoms with Crippen LogP contribution < -0.4 is 4.52 Å². The first-order chi connectivity index (χ1) is 7.16. The highest BCUT2D eigenvalue weighted by Gasteiger charge is 2.27. The molecular formula is C9H11O5P. The lowest BCUT2D eigenvalue weighted by Crippen LogP contribution is -2.17. The van der Waals surface area contributed by atoms with Crippen molar-refractivity contribution in [3.05, 3.63) is 29.8 Å². The minimum absolute atomic E-state index is 0.471. The molecule has 0 aromatic heterocycles. The van der Waals surface area contributed by atoms with E-state index in [9.17, 15) is 4.57 Å². The Balaban J connectivity index is 2.30. The zero-order chi connectivity index (χ0) is 10.8. The summed E-state index contributed by atoms with van der Waals surface area (Å²) in [6.07, 6.45) is -1.82. The maximum absolute atomic E-state index is 11.2. The van der Waals surface area contributed by atoms with Gasteiger partial charge in [-0.15, -0.1) is 0 Å². The van der Waals surface area contributed by atoms with E-state index in [1.165, 1.54) is 6.92 Å². The summed E-state index contributed by atoms with van der Waals surface area (Å²) in [6, 6.07) is 6.96. The van der Waals surface area contributed by atoms with Gasteiger partial charge in [-0.25, -0.2) is 4.57 Å². The van der Waals surface area contributed by atoms with Gasteiger partial charge in [-0.3, -0.25) is 4.52 Å². The Labute approximate surface area is 87.5 Å². The maximum Gasteiger partial charge on any atom is 0.370 e. The summed E-state index contributed by atoms with van der Waals surface area (Å²) in [6.45, 7) is 1.46. The van der Waals surface area contributed by atoms with Gasteiger partial charge in [-0.2, -0.15) is 0 Å². The van der Waals surface area contributed by atoms with Crippen LogP contribution in [0.5, 0.6) is 5.75 Å². The number of hydrogen-bond acceptors (Lipinski definition) is 5. The summed E-state index contributed by atoms with van der Waals surface area (Å²) in [5.41, 5.74) is 0.628. The van der Waals surface area contributed by atoms with E-state index < -0.39 is 20.8 Å². The molecule has 1 heterocycles. The largest absolute Gasteiger partial charge is 0.426 e. The summed E-state index contributed by atoms with van der Waals surface area (Å²) in [5, 5.41) is 9.08. The molecule has 0 amide bonds. The molecule has 1 aliphatic rings. The van der Waals surface area contributed by atoms with Gasteiger partial charge in [0.25, 0.3) is 0 Å². The number of fused-ring (bicyclic) bond motifs is 1. The highest BCUT2D eigenvalue weighted by molar-refractivity contribution is 7.33. The van der Waals surface area contributed by atoms with Crippen LogP contribution in [-0.2, 0) is 13.8 Å². The third-order valence-electron chi connectivity index (χ3n) is 1.89. The van der Waals surface area contributed by atoms with Crippen LogP contribution in [0.4, 0.5) is 0 Å². The number of hydrogen-bond donors (Lipinski definition) is 1. The van der Waals surface area contributed by atoms with E-state index in [1.54, 1.807) is 24.3 Å². The molecule has 0 fully saturated rings. The zero-order valence-electron chi connectivity index (χ0n) is 8.04. The van der Waals surface area contributed by atoms with E-state index in [1.807, 2.05) is 0 Å². The maximum atomic E-state index is 11.2. The molecular weight excluding hydrogens is 219 g/mol. The molecule has 0 saturated carbocycles. The van der Waals surface area contributed by atoms with Crippen molar-refractivity contribution in [3.63, 3.8) is 0 Å². The molecule has 82 valence electrons. The molecule has 2 rings (SSSR count). The molecule has 3 atom stereocenters. The first kappa shape index (κ1) is 10.6. The molecule has 5 nitrogen and oxygen atoms in total. The second kappa shape index (κ2) is 4.33. The average molecular weight is 230 g/mol. The van der Waals surface area contributed by atoms with Gasteiger partial charge in [0.1, 0.15) is 5.75 Å². The number of benzene rings is 1. The van der Waals surface area contributed by atoms with E-state index in [0.717, 1.165) is 0 Å². The zero-order valence-corrected chi connectivity index (χ0v) is 9.04. The highest BCUT2D eigenvalue weighted by Crippen LogP contribution is 2.45. The van der Waals surface area contributed by atoms with Crippen molar-refractivity contribution in [2.75, 3.05) is 0 Å². The summed E-state index contributed by atoms with van der Waals surface area (Å²) < 4.78 is 26.2. The van der Waals surface area contributed by atoms with Crippen molar-refractivity contribution >= 4 is 8.25 Å². The third kappa shape index (κ3) is 2.38. The molecule has 0 radical (unpaired) electrons. The molecule has 0 bridgehead atoms. The van der Waals surface area contributed by atoms with Gasteiger partial charge in [0.05, 0.1) is 5.56 Å². The Morgan fingerprint density at radius 1 is 1.53 bits per heavy atom. The van der Waals surface area contributed by atoms with Crippen LogP contribution >= 0.6 is 8.25 Å². The van der Waals surface area contributed by atoms with Crippen LogP contribution in [-0.4, -0.2) is 11.4 Å². The van der Waals surface area contributed by atoms with Gasteiger partial charge in [-0.1, -0.05) is 18.2 Å². The van der Waals surface area contributed by atoms with Crippen molar-refractivity contribution in [3.8, 4) is 5.75 Å². The van der Waals surface area contributed by atoms with E-state index in [2.05, 4.69) is 0 Å². The van der Waals surface area contributed by atoms with Crippen molar-refractivity contribution in [1.29, 1.82) is 0 Å². The molecule has 1 aromatic rings. The van der Waals surface area contributed by atoms with Crippen LogP contribution in [0.25, 0.3) is 0 Å². The number of ether oxygens (including phenoxy) is 1. The predicted molar refractivity (Wildman–Crippen MR) is 52.7 cm³/mol. The quantitative estimate of drug-likeness (QED) is 0.620. The fourth-order valence-corrected chi connectivity index (χ4v) is 2.08. The van der Waals surface area contributed by atoms with Crippen molar-refractivity contribution in [2.45, 2.75) is 19.5 Å². The second-order valence-corrected chi connectivity index (χ2v) is 4.01. The molecule has 1 N–H and O–H groups in total. The van der Waals surface area contributed by atoms with Gasteiger partial charge in [0, 0.05) is 0 Å². The average Bonchev–Trinajstić information content (AvgIpc) is 2.16.